The molecule has 1 aromatic carbocycles. The second kappa shape index (κ2) is 6.15. The van der Waals surface area contributed by atoms with Crippen LogP contribution < -0.4 is 0 Å². The summed E-state index contributed by atoms with van der Waals surface area (Å²) < 4.78 is 22.0. The Bertz CT molecular complexity index is 480. The predicted octanol–water partition coefficient (Wildman–Crippen LogP) is 2.71. The summed E-state index contributed by atoms with van der Waals surface area (Å²) in [7, 11) is 1.15. The Morgan fingerprint density at radius 3 is 2.78 bits per heavy atom. The molecule has 18 heavy (non-hydrogen) atoms. The lowest BCUT2D eigenvalue weighted by molar-refractivity contribution is -0.387. The molecule has 0 spiro atoms. The van der Waals surface area contributed by atoms with Gasteiger partial charge in [0.15, 0.2) is 0 Å². The van der Waals surface area contributed by atoms with Gasteiger partial charge in [-0.1, -0.05) is 11.6 Å². The van der Waals surface area contributed by atoms with Crippen LogP contribution in [0.3, 0.4) is 0 Å². The predicted molar refractivity (Wildman–Crippen MR) is 60.1 cm³/mol. The molecule has 0 bridgehead atoms. The van der Waals surface area contributed by atoms with Gasteiger partial charge in [-0.2, -0.15) is 4.39 Å². The summed E-state index contributed by atoms with van der Waals surface area (Å²) in [6.45, 7) is -0.0742. The quantitative estimate of drug-likeness (QED) is 0.480. The number of methoxy groups -OCH3 is 1. The second-order valence-electron chi connectivity index (χ2n) is 3.20. The molecule has 0 aliphatic carbocycles. The second-order valence-corrected chi connectivity index (χ2v) is 3.61. The van der Waals surface area contributed by atoms with Crippen molar-refractivity contribution in [2.45, 2.75) is 6.42 Å². The van der Waals surface area contributed by atoms with E-state index < -0.39 is 22.6 Å². The molecule has 0 aliphatic heterocycles. The first-order valence-corrected chi connectivity index (χ1v) is 5.16. The third kappa shape index (κ3) is 3.56. The number of nitrogens with zero attached hydrogens (tertiary/aromatic N) is 1. The fraction of sp³-hybridized carbons (Fsp3) is 0.300. The van der Waals surface area contributed by atoms with Crippen LogP contribution in [0.2, 0.25) is 5.02 Å². The molecule has 6 nitrogen and oxygen atoms in total. The average molecular weight is 278 g/mol. The highest BCUT2D eigenvalue weighted by atomic mass is 35.5. The number of hydrogen-bond donors (Lipinski definition) is 0. The molecule has 0 unspecified atom stereocenters. The van der Waals surface area contributed by atoms with E-state index in [-0.39, 0.29) is 18.1 Å². The number of hydrogen-bond acceptors (Lipinski definition) is 5. The van der Waals surface area contributed by atoms with Gasteiger partial charge in [0.25, 0.3) is 0 Å². The molecule has 0 fully saturated rings. The topological polar surface area (TPSA) is 78.7 Å². The van der Waals surface area contributed by atoms with Crippen molar-refractivity contribution in [2.24, 2.45) is 0 Å². The number of halogens is 2. The molecule has 1 rings (SSSR count). The summed E-state index contributed by atoms with van der Waals surface area (Å²) in [4.78, 5) is 20.4. The molecule has 0 radical (unpaired) electrons. The van der Waals surface area contributed by atoms with Crippen LogP contribution in [0.4, 0.5) is 14.9 Å². The summed E-state index contributed by atoms with van der Waals surface area (Å²) in [6.07, 6.45) is -0.752. The van der Waals surface area contributed by atoms with E-state index in [9.17, 15) is 19.3 Å². The Hall–Kier alpha value is -1.89. The van der Waals surface area contributed by atoms with E-state index in [0.717, 1.165) is 19.2 Å². The zero-order valence-corrected chi connectivity index (χ0v) is 10.1. The highest BCUT2D eigenvalue weighted by Gasteiger charge is 2.17. The zero-order chi connectivity index (χ0) is 13.7. The van der Waals surface area contributed by atoms with E-state index in [1.165, 1.54) is 0 Å². The Labute approximate surface area is 106 Å². The number of nitro benzene ring substituents is 1. The minimum atomic E-state index is -1.01. The first kappa shape index (κ1) is 14.2. The van der Waals surface area contributed by atoms with Crippen LogP contribution in [0.1, 0.15) is 5.56 Å². The Morgan fingerprint density at radius 2 is 2.22 bits per heavy atom. The van der Waals surface area contributed by atoms with Crippen molar-refractivity contribution in [1.29, 1.82) is 0 Å². The molecule has 98 valence electrons. The first-order valence-electron chi connectivity index (χ1n) is 4.78. The minimum Gasteiger partial charge on any atom is -0.438 e. The van der Waals surface area contributed by atoms with Gasteiger partial charge < -0.3 is 9.47 Å². The van der Waals surface area contributed by atoms with E-state index in [4.69, 9.17) is 11.6 Å². The summed E-state index contributed by atoms with van der Waals surface area (Å²) >= 11 is 5.72. The lowest BCUT2D eigenvalue weighted by Crippen LogP contribution is -2.08. The van der Waals surface area contributed by atoms with Gasteiger partial charge in [-0.25, -0.2) is 4.79 Å². The third-order valence-electron chi connectivity index (χ3n) is 2.07. The van der Waals surface area contributed by atoms with Crippen LogP contribution >= 0.6 is 11.6 Å². The summed E-state index contributed by atoms with van der Waals surface area (Å²) in [5.74, 6) is -1.01. The third-order valence-corrected chi connectivity index (χ3v) is 2.42. The molecule has 0 saturated heterocycles. The van der Waals surface area contributed by atoms with Crippen molar-refractivity contribution in [3.63, 3.8) is 0 Å². The van der Waals surface area contributed by atoms with Gasteiger partial charge in [0.1, 0.15) is 0 Å². The van der Waals surface area contributed by atoms with Crippen molar-refractivity contribution in [3.8, 4) is 0 Å². The van der Waals surface area contributed by atoms with Crippen molar-refractivity contribution in [3.05, 3.63) is 38.7 Å². The van der Waals surface area contributed by atoms with Crippen LogP contribution in [0.25, 0.3) is 0 Å². The van der Waals surface area contributed by atoms with Gasteiger partial charge in [0, 0.05) is 17.5 Å². The lowest BCUT2D eigenvalue weighted by Gasteiger charge is -2.05. The number of ether oxygens (including phenoxy) is 2. The smallest absolute Gasteiger partial charge is 0.438 e. The molecule has 0 N–H and O–H groups in total. The van der Waals surface area contributed by atoms with Gasteiger partial charge in [-0.15, -0.1) is 0 Å². The number of benzene rings is 1. The molecule has 0 amide bonds. The molecule has 0 heterocycles. The Morgan fingerprint density at radius 1 is 1.56 bits per heavy atom. The largest absolute Gasteiger partial charge is 0.507 e. The van der Waals surface area contributed by atoms with E-state index in [0.29, 0.717) is 5.56 Å². The molecule has 0 aliphatic rings. The van der Waals surface area contributed by atoms with Crippen LogP contribution in [-0.2, 0) is 15.9 Å². The Balaban J connectivity index is 2.79. The summed E-state index contributed by atoms with van der Waals surface area (Å²) in [5, 5.41) is 10.6. The van der Waals surface area contributed by atoms with Gasteiger partial charge in [-0.3, -0.25) is 10.1 Å². The van der Waals surface area contributed by atoms with Crippen molar-refractivity contribution < 1.29 is 23.6 Å². The maximum atomic E-state index is 13.2. The monoisotopic (exact) mass is 277 g/mol. The number of rotatable bonds is 4. The zero-order valence-electron chi connectivity index (χ0n) is 9.31. The lowest BCUT2D eigenvalue weighted by atomic mass is 10.1. The standard InChI is InChI=1S/C10H9ClFNO5/c1-17-10(14)18-3-2-6-4-9(13(15)16)8(12)5-7(6)11/h4-5H,2-3H2,1H3. The normalized spacial score (nSPS) is 9.94. The average Bonchev–Trinajstić information content (AvgIpc) is 2.31. The molecule has 0 aromatic heterocycles. The van der Waals surface area contributed by atoms with Crippen LogP contribution in [0.5, 0.6) is 0 Å². The van der Waals surface area contributed by atoms with Crippen LogP contribution in [-0.4, -0.2) is 24.8 Å². The van der Waals surface area contributed by atoms with E-state index >= 15 is 0 Å². The van der Waals surface area contributed by atoms with Crippen molar-refractivity contribution in [1.82, 2.24) is 0 Å². The van der Waals surface area contributed by atoms with Gasteiger partial charge in [-0.05, 0) is 11.6 Å². The fourth-order valence-electron chi connectivity index (χ4n) is 1.22. The minimum absolute atomic E-state index is 0.0339. The van der Waals surface area contributed by atoms with Gasteiger partial charge in [0.2, 0.25) is 5.82 Å². The van der Waals surface area contributed by atoms with E-state index in [2.05, 4.69) is 9.47 Å². The number of carbonyl (C=O) groups excluding carboxylic acids is 1. The van der Waals surface area contributed by atoms with Gasteiger partial charge in [0.05, 0.1) is 18.6 Å². The fourth-order valence-corrected chi connectivity index (χ4v) is 1.46. The maximum absolute atomic E-state index is 13.2. The number of nitro groups is 1. The molecule has 1 aromatic rings. The highest BCUT2D eigenvalue weighted by Crippen LogP contribution is 2.26. The SMILES string of the molecule is COC(=O)OCCc1cc([N+](=O)[O-])c(F)cc1Cl. The van der Waals surface area contributed by atoms with E-state index in [1.54, 1.807) is 0 Å². The van der Waals surface area contributed by atoms with Crippen LogP contribution in [0, 0.1) is 15.9 Å². The van der Waals surface area contributed by atoms with E-state index in [1.807, 2.05) is 0 Å². The van der Waals surface area contributed by atoms with Crippen molar-refractivity contribution >= 4 is 23.4 Å². The molecule has 0 saturated carbocycles. The van der Waals surface area contributed by atoms with Gasteiger partial charge >= 0.3 is 11.8 Å². The summed E-state index contributed by atoms with van der Waals surface area (Å²) in [5.41, 5.74) is -0.360. The molecular formula is C10H9ClFNO5. The molecule has 0 atom stereocenters. The molecular weight excluding hydrogens is 269 g/mol. The summed E-state index contributed by atoms with van der Waals surface area (Å²) in [6, 6.07) is 1.87. The highest BCUT2D eigenvalue weighted by molar-refractivity contribution is 6.31. The maximum Gasteiger partial charge on any atom is 0.507 e. The Kier molecular flexibility index (Phi) is 4.85. The number of carbonyl (C=O) groups is 1. The van der Waals surface area contributed by atoms with Crippen molar-refractivity contribution in [2.75, 3.05) is 13.7 Å². The molecule has 8 heteroatoms. The van der Waals surface area contributed by atoms with Crippen LogP contribution in [0.15, 0.2) is 12.1 Å². The first-order chi connectivity index (χ1) is 8.45.